The van der Waals surface area contributed by atoms with E-state index in [1.54, 1.807) is 6.07 Å². The molecular weight excluding hydrogens is 567 g/mol. The standard InChI is InChI=1S/C42H33FN2O/c1-25-14-22-37-39-29(16-18-33-34-19-20-35(43)38(41(34)46-42(33)39)28-9-5-4-6-10-28)15-17-32-30-11-7-8-12-31(30)36-21-13-26(2)24-45(36)40(32)27(3)44(37)23-25/h4-14,16,18-24,32,40H,3,15,17H2,1-2H3/q+2. The summed E-state index contributed by atoms with van der Waals surface area (Å²) in [5, 5.41) is 1.90. The molecule has 0 fully saturated rings. The number of hydrogen-bond donors (Lipinski definition) is 0. The Kier molecular flexibility index (Phi) is 5.92. The van der Waals surface area contributed by atoms with Crippen molar-refractivity contribution in [1.29, 1.82) is 0 Å². The molecule has 0 radical (unpaired) electrons. The molecule has 0 bridgehead atoms. The second kappa shape index (κ2) is 10.1. The van der Waals surface area contributed by atoms with E-state index < -0.39 is 0 Å². The number of aromatic nitrogens is 2. The summed E-state index contributed by atoms with van der Waals surface area (Å²) < 4.78 is 27.1. The van der Waals surface area contributed by atoms with Crippen molar-refractivity contribution < 1.29 is 17.9 Å². The molecule has 2 atom stereocenters. The normalized spacial score (nSPS) is 16.9. The fourth-order valence-corrected chi connectivity index (χ4v) is 8.00. The number of pyridine rings is 2. The van der Waals surface area contributed by atoms with Crippen LogP contribution in [0.15, 0.2) is 127 Å². The van der Waals surface area contributed by atoms with Gasteiger partial charge in [-0.3, -0.25) is 0 Å². The predicted octanol–water partition coefficient (Wildman–Crippen LogP) is 9.67. The molecular formula is C42H33FN2O+2. The Balaban J connectivity index is 1.34. The minimum Gasteiger partial charge on any atom is -0.454 e. The van der Waals surface area contributed by atoms with Gasteiger partial charge in [0, 0.05) is 39.6 Å². The van der Waals surface area contributed by atoms with Crippen LogP contribution in [-0.4, -0.2) is 0 Å². The van der Waals surface area contributed by atoms with E-state index in [4.69, 9.17) is 11.0 Å². The number of aryl methyl sites for hydroxylation is 3. The Hall–Kier alpha value is -5.35. The topological polar surface area (TPSA) is 20.9 Å². The fraction of sp³-hybridized carbons (Fsp3) is 0.143. The van der Waals surface area contributed by atoms with Crippen LogP contribution in [0.2, 0.25) is 0 Å². The molecule has 5 heterocycles. The molecule has 9 rings (SSSR count). The van der Waals surface area contributed by atoms with E-state index in [0.717, 1.165) is 57.3 Å². The minimum absolute atomic E-state index is 0.0228. The van der Waals surface area contributed by atoms with Gasteiger partial charge in [0.1, 0.15) is 17.0 Å². The number of halogens is 1. The molecule has 222 valence electrons. The SMILES string of the molecule is C=C1C2C(CCc3ccc4c(oc5c(-c6ccccc6)c(F)ccc54)c3-c3ccc(C)c[n+]31)c1ccccc1-c1ccc(C)c[n+]12. The van der Waals surface area contributed by atoms with Gasteiger partial charge in [0.05, 0.1) is 17.0 Å². The van der Waals surface area contributed by atoms with Crippen LogP contribution in [0, 0.1) is 19.7 Å². The first-order valence-electron chi connectivity index (χ1n) is 16.0. The molecule has 3 aromatic heterocycles. The van der Waals surface area contributed by atoms with Crippen molar-refractivity contribution in [2.45, 2.75) is 38.6 Å². The van der Waals surface area contributed by atoms with Gasteiger partial charge >= 0.3 is 0 Å². The predicted molar refractivity (Wildman–Crippen MR) is 182 cm³/mol. The van der Waals surface area contributed by atoms with Crippen LogP contribution in [0.5, 0.6) is 0 Å². The van der Waals surface area contributed by atoms with E-state index in [1.165, 1.54) is 27.9 Å². The van der Waals surface area contributed by atoms with Gasteiger partial charge in [-0.15, -0.1) is 0 Å². The summed E-state index contributed by atoms with van der Waals surface area (Å²) in [4.78, 5) is 0. The van der Waals surface area contributed by atoms with Crippen LogP contribution >= 0.6 is 0 Å². The Bertz CT molecular complexity index is 2390. The fourth-order valence-electron chi connectivity index (χ4n) is 8.00. The van der Waals surface area contributed by atoms with Gasteiger partial charge in [0.15, 0.2) is 12.4 Å². The number of furan rings is 1. The zero-order valence-electron chi connectivity index (χ0n) is 25.9. The first-order chi connectivity index (χ1) is 22.5. The van der Waals surface area contributed by atoms with Crippen molar-refractivity contribution in [2.75, 3.05) is 0 Å². The minimum atomic E-state index is -0.287. The molecule has 46 heavy (non-hydrogen) atoms. The lowest BCUT2D eigenvalue weighted by molar-refractivity contribution is -0.727. The summed E-state index contributed by atoms with van der Waals surface area (Å²) in [6.07, 6.45) is 6.29. The number of hydrogen-bond acceptors (Lipinski definition) is 1. The van der Waals surface area contributed by atoms with E-state index in [-0.39, 0.29) is 17.8 Å². The van der Waals surface area contributed by atoms with Gasteiger partial charge in [0.25, 0.3) is 0 Å². The number of rotatable bonds is 1. The summed E-state index contributed by atoms with van der Waals surface area (Å²) in [7, 11) is 0. The van der Waals surface area contributed by atoms with Gasteiger partial charge in [-0.2, -0.15) is 9.13 Å². The van der Waals surface area contributed by atoms with Crippen molar-refractivity contribution in [3.63, 3.8) is 0 Å². The largest absolute Gasteiger partial charge is 0.454 e. The number of fused-ring (bicyclic) bond motifs is 13. The second-order valence-electron chi connectivity index (χ2n) is 12.9. The summed E-state index contributed by atoms with van der Waals surface area (Å²) in [5.41, 5.74) is 13.2. The molecule has 4 heteroatoms. The summed E-state index contributed by atoms with van der Waals surface area (Å²) >= 11 is 0. The highest BCUT2D eigenvalue weighted by molar-refractivity contribution is 6.13. The van der Waals surface area contributed by atoms with Crippen LogP contribution in [0.4, 0.5) is 4.39 Å². The highest BCUT2D eigenvalue weighted by Crippen LogP contribution is 2.47. The molecule has 4 aromatic carbocycles. The van der Waals surface area contributed by atoms with Gasteiger partial charge in [-0.05, 0) is 80.3 Å². The second-order valence-corrected chi connectivity index (χ2v) is 12.9. The maximum Gasteiger partial charge on any atom is 0.249 e. The lowest BCUT2D eigenvalue weighted by Gasteiger charge is -2.29. The molecule has 0 amide bonds. The van der Waals surface area contributed by atoms with Crippen LogP contribution in [0.3, 0.4) is 0 Å². The van der Waals surface area contributed by atoms with Crippen LogP contribution in [0.1, 0.15) is 40.6 Å². The average molecular weight is 601 g/mol. The van der Waals surface area contributed by atoms with Crippen molar-refractivity contribution >= 4 is 27.6 Å². The van der Waals surface area contributed by atoms with E-state index in [2.05, 4.69) is 96.0 Å². The molecule has 7 aromatic rings. The Morgan fingerprint density at radius 1 is 0.717 bits per heavy atom. The van der Waals surface area contributed by atoms with E-state index >= 15 is 4.39 Å². The Morgan fingerprint density at radius 2 is 1.41 bits per heavy atom. The third-order valence-corrected chi connectivity index (χ3v) is 10.1. The van der Waals surface area contributed by atoms with Gasteiger partial charge in [0.2, 0.25) is 23.1 Å². The Morgan fingerprint density at radius 3 is 2.24 bits per heavy atom. The summed E-state index contributed by atoms with van der Waals surface area (Å²) in [6.45, 7) is 9.14. The molecule has 2 aliphatic heterocycles. The maximum atomic E-state index is 15.5. The number of benzene rings is 4. The third-order valence-electron chi connectivity index (χ3n) is 10.1. The van der Waals surface area contributed by atoms with Crippen molar-refractivity contribution in [1.82, 2.24) is 0 Å². The van der Waals surface area contributed by atoms with Crippen molar-refractivity contribution in [2.24, 2.45) is 0 Å². The molecule has 0 saturated heterocycles. The first-order valence-corrected chi connectivity index (χ1v) is 16.0. The number of nitrogens with zero attached hydrogens (tertiary/aromatic N) is 2. The van der Waals surface area contributed by atoms with Gasteiger partial charge < -0.3 is 4.42 Å². The Labute approximate surface area is 267 Å². The maximum absolute atomic E-state index is 15.5. The van der Waals surface area contributed by atoms with Crippen LogP contribution in [-0.2, 0) is 6.42 Å². The highest BCUT2D eigenvalue weighted by Gasteiger charge is 2.47. The quantitative estimate of drug-likeness (QED) is 0.172. The lowest BCUT2D eigenvalue weighted by Crippen LogP contribution is -2.53. The molecule has 0 saturated carbocycles. The zero-order valence-corrected chi connectivity index (χ0v) is 25.9. The highest BCUT2D eigenvalue weighted by atomic mass is 19.1. The average Bonchev–Trinajstić information content (AvgIpc) is 3.46. The van der Waals surface area contributed by atoms with Crippen LogP contribution < -0.4 is 9.13 Å². The van der Waals surface area contributed by atoms with E-state index in [9.17, 15) is 0 Å². The zero-order chi connectivity index (χ0) is 31.1. The molecule has 2 aliphatic rings. The van der Waals surface area contributed by atoms with Gasteiger partial charge in [-0.1, -0.05) is 60.7 Å². The summed E-state index contributed by atoms with van der Waals surface area (Å²) in [5.74, 6) is -0.0649. The van der Waals surface area contributed by atoms with Crippen molar-refractivity contribution in [3.8, 4) is 33.6 Å². The number of allylic oxidation sites excluding steroid dienone is 1. The molecule has 0 spiro atoms. The smallest absolute Gasteiger partial charge is 0.249 e. The van der Waals surface area contributed by atoms with E-state index in [0.29, 0.717) is 11.1 Å². The van der Waals surface area contributed by atoms with Crippen LogP contribution in [0.25, 0.3) is 61.3 Å². The van der Waals surface area contributed by atoms with Crippen molar-refractivity contribution in [3.05, 3.63) is 150 Å². The lowest BCUT2D eigenvalue weighted by atomic mass is 9.78. The van der Waals surface area contributed by atoms with Gasteiger partial charge in [-0.25, -0.2) is 4.39 Å². The molecule has 0 N–H and O–H groups in total. The molecule has 0 aliphatic carbocycles. The molecule has 3 nitrogen and oxygen atoms in total. The monoisotopic (exact) mass is 600 g/mol. The molecule has 2 unspecified atom stereocenters. The van der Waals surface area contributed by atoms with E-state index in [1.807, 2.05) is 36.4 Å². The third kappa shape index (κ3) is 3.89. The first kappa shape index (κ1) is 27.0. The summed E-state index contributed by atoms with van der Waals surface area (Å²) in [6, 6.07) is 35.2.